The van der Waals surface area contributed by atoms with Crippen molar-refractivity contribution in [3.8, 4) is 0 Å². The lowest BCUT2D eigenvalue weighted by Gasteiger charge is -2.27. The van der Waals surface area contributed by atoms with E-state index in [-0.39, 0.29) is 5.92 Å². The van der Waals surface area contributed by atoms with E-state index in [1.165, 1.54) is 9.80 Å². The first-order chi connectivity index (χ1) is 20.1. The predicted molar refractivity (Wildman–Crippen MR) is 154 cm³/mol. The number of halogens is 6. The van der Waals surface area contributed by atoms with E-state index in [4.69, 9.17) is 0 Å². The molecule has 1 heterocycles. The van der Waals surface area contributed by atoms with Gasteiger partial charge in [-0.25, -0.2) is 0 Å². The number of hydrogen-bond acceptors (Lipinski definition) is 2. The van der Waals surface area contributed by atoms with E-state index in [2.05, 4.69) is 4.98 Å². The fourth-order valence-electron chi connectivity index (χ4n) is 5.01. The second kappa shape index (κ2) is 12.1. The molecule has 3 nitrogen and oxygen atoms in total. The van der Waals surface area contributed by atoms with E-state index in [0.717, 1.165) is 16.8 Å². The van der Waals surface area contributed by atoms with Gasteiger partial charge in [0.25, 0.3) is 0 Å². The second-order valence-corrected chi connectivity index (χ2v) is 9.82. The Balaban J connectivity index is 1.48. The number of anilines is 4. The molecule has 0 bridgehead atoms. The Hall–Kier alpha value is -4.66. The minimum absolute atomic E-state index is 0.330. The molecule has 1 N–H and O–H groups in total. The molecule has 0 atom stereocenters. The minimum Gasteiger partial charge on any atom is -0.364 e. The average Bonchev–Trinajstić information content (AvgIpc) is 3.50. The van der Waals surface area contributed by atoms with Gasteiger partial charge in [-0.1, -0.05) is 60.7 Å². The van der Waals surface area contributed by atoms with Gasteiger partial charge in [0.15, 0.2) is 0 Å². The van der Waals surface area contributed by atoms with E-state index < -0.39 is 25.4 Å². The normalized spacial score (nSPS) is 12.0. The van der Waals surface area contributed by atoms with Gasteiger partial charge in [-0.2, -0.15) is 26.3 Å². The highest BCUT2D eigenvalue weighted by Gasteiger charge is 2.33. The Kier molecular flexibility index (Phi) is 8.29. The molecule has 1 aromatic heterocycles. The molecule has 216 valence electrons. The molecule has 0 fully saturated rings. The monoisotopic (exact) mass is 579 g/mol. The molecule has 0 aliphatic carbocycles. The Morgan fingerprint density at radius 3 is 1.19 bits per heavy atom. The van der Waals surface area contributed by atoms with Crippen LogP contribution in [0.2, 0.25) is 0 Å². The zero-order valence-electron chi connectivity index (χ0n) is 22.3. The Bertz CT molecular complexity index is 1430. The highest BCUT2D eigenvalue weighted by Crippen LogP contribution is 2.37. The van der Waals surface area contributed by atoms with Crippen molar-refractivity contribution in [2.45, 2.75) is 18.3 Å². The first-order valence-electron chi connectivity index (χ1n) is 13.2. The lowest BCUT2D eigenvalue weighted by atomic mass is 9.88. The van der Waals surface area contributed by atoms with Gasteiger partial charge in [0.2, 0.25) is 0 Å². The third-order valence-corrected chi connectivity index (χ3v) is 6.82. The first kappa shape index (κ1) is 28.9. The van der Waals surface area contributed by atoms with Gasteiger partial charge < -0.3 is 14.8 Å². The van der Waals surface area contributed by atoms with Crippen molar-refractivity contribution in [2.24, 2.45) is 0 Å². The number of nitrogens with zero attached hydrogens (tertiary/aromatic N) is 2. The van der Waals surface area contributed by atoms with Crippen molar-refractivity contribution in [3.63, 3.8) is 0 Å². The third kappa shape index (κ3) is 7.15. The van der Waals surface area contributed by atoms with Gasteiger partial charge in [-0.15, -0.1) is 0 Å². The molecule has 42 heavy (non-hydrogen) atoms. The molecule has 0 unspecified atom stereocenters. The maximum absolute atomic E-state index is 13.5. The highest BCUT2D eigenvalue weighted by atomic mass is 19.4. The highest BCUT2D eigenvalue weighted by molar-refractivity contribution is 5.66. The van der Waals surface area contributed by atoms with Crippen LogP contribution in [0.3, 0.4) is 0 Å². The molecule has 4 aromatic carbocycles. The van der Waals surface area contributed by atoms with Crippen LogP contribution in [0.5, 0.6) is 0 Å². The van der Waals surface area contributed by atoms with Gasteiger partial charge in [0.1, 0.15) is 13.1 Å². The lowest BCUT2D eigenvalue weighted by Crippen LogP contribution is -2.30. The van der Waals surface area contributed by atoms with Crippen LogP contribution in [0.15, 0.2) is 128 Å². The zero-order valence-corrected chi connectivity index (χ0v) is 22.3. The molecule has 5 aromatic rings. The number of aromatic amines is 1. The maximum Gasteiger partial charge on any atom is 0.406 e. The van der Waals surface area contributed by atoms with Crippen molar-refractivity contribution >= 4 is 22.7 Å². The SMILES string of the molecule is FC(F)(F)CN(c1ccccc1)c1ccc(C(c2ccc(N(CC(F)(F)F)c3ccccc3)cc2)c2ccc[nH]2)cc1. The summed E-state index contributed by atoms with van der Waals surface area (Å²) in [5.74, 6) is -0.330. The number of benzene rings is 4. The predicted octanol–water partition coefficient (Wildman–Crippen LogP) is 9.60. The Morgan fingerprint density at radius 1 is 0.476 bits per heavy atom. The van der Waals surface area contributed by atoms with E-state index in [0.29, 0.717) is 22.7 Å². The quantitative estimate of drug-likeness (QED) is 0.176. The van der Waals surface area contributed by atoms with Crippen LogP contribution < -0.4 is 9.80 Å². The standard InChI is InChI=1S/C33H27F6N3/c34-32(35,36)22-41(26-8-3-1-4-9-26)28-17-13-24(14-18-28)31(30-12-7-21-40-30)25-15-19-29(20-16-25)42(23-33(37,38)39)27-10-5-2-6-11-27/h1-21,31,40H,22-23H2. The summed E-state index contributed by atoms with van der Waals surface area (Å²) in [7, 11) is 0. The van der Waals surface area contributed by atoms with Crippen LogP contribution in [-0.2, 0) is 0 Å². The van der Waals surface area contributed by atoms with Crippen LogP contribution in [0, 0.1) is 0 Å². The molecule has 0 saturated heterocycles. The molecule has 0 amide bonds. The van der Waals surface area contributed by atoms with E-state index in [1.807, 2.05) is 12.1 Å². The third-order valence-electron chi connectivity index (χ3n) is 6.82. The summed E-state index contributed by atoms with van der Waals surface area (Å²) in [4.78, 5) is 5.62. The van der Waals surface area contributed by atoms with Crippen molar-refractivity contribution < 1.29 is 26.3 Å². The van der Waals surface area contributed by atoms with E-state index in [9.17, 15) is 26.3 Å². The number of H-pyrrole nitrogens is 1. The van der Waals surface area contributed by atoms with E-state index >= 15 is 0 Å². The Labute approximate surface area is 239 Å². The van der Waals surface area contributed by atoms with Crippen LogP contribution >= 0.6 is 0 Å². The van der Waals surface area contributed by atoms with Crippen LogP contribution in [-0.4, -0.2) is 30.4 Å². The molecular weight excluding hydrogens is 552 g/mol. The summed E-state index contributed by atoms with van der Waals surface area (Å²) in [6.07, 6.45) is -7.06. The molecule has 0 spiro atoms. The molecule has 9 heteroatoms. The minimum atomic E-state index is -4.41. The molecule has 0 saturated carbocycles. The first-order valence-corrected chi connectivity index (χ1v) is 13.2. The maximum atomic E-state index is 13.5. The van der Waals surface area contributed by atoms with Gasteiger partial charge in [-0.05, 0) is 71.8 Å². The smallest absolute Gasteiger partial charge is 0.364 e. The lowest BCUT2D eigenvalue weighted by molar-refractivity contribution is -0.119. The Morgan fingerprint density at radius 2 is 0.857 bits per heavy atom. The fourth-order valence-corrected chi connectivity index (χ4v) is 5.01. The molecule has 0 aliphatic heterocycles. The van der Waals surface area contributed by atoms with Crippen LogP contribution in [0.4, 0.5) is 49.1 Å². The summed E-state index contributed by atoms with van der Waals surface area (Å²) in [5, 5.41) is 0. The molecule has 0 radical (unpaired) electrons. The van der Waals surface area contributed by atoms with Gasteiger partial charge in [0.05, 0.1) is 0 Å². The fraction of sp³-hybridized carbons (Fsp3) is 0.152. The number of nitrogens with one attached hydrogen (secondary N) is 1. The van der Waals surface area contributed by atoms with Crippen molar-refractivity contribution in [1.82, 2.24) is 4.98 Å². The molecular formula is C33H27F6N3. The zero-order chi connectivity index (χ0) is 29.7. The topological polar surface area (TPSA) is 22.3 Å². The van der Waals surface area contributed by atoms with Crippen molar-refractivity contribution in [1.29, 1.82) is 0 Å². The van der Waals surface area contributed by atoms with Crippen LogP contribution in [0.1, 0.15) is 22.7 Å². The number of aromatic nitrogens is 1. The summed E-state index contributed by atoms with van der Waals surface area (Å²) in [6, 6.07) is 34.2. The summed E-state index contributed by atoms with van der Waals surface area (Å²) >= 11 is 0. The van der Waals surface area contributed by atoms with Gasteiger partial charge in [0, 0.05) is 40.6 Å². The van der Waals surface area contributed by atoms with Crippen molar-refractivity contribution in [3.05, 3.63) is 144 Å². The summed E-state index contributed by atoms with van der Waals surface area (Å²) in [5.41, 5.74) is 4.05. The van der Waals surface area contributed by atoms with E-state index in [1.54, 1.807) is 115 Å². The molecule has 0 aliphatic rings. The van der Waals surface area contributed by atoms with Crippen LogP contribution in [0.25, 0.3) is 0 Å². The summed E-state index contributed by atoms with van der Waals surface area (Å²) in [6.45, 7) is -2.29. The number of rotatable bonds is 9. The van der Waals surface area contributed by atoms with Crippen molar-refractivity contribution in [2.75, 3.05) is 22.9 Å². The summed E-state index contributed by atoms with van der Waals surface area (Å²) < 4.78 is 80.8. The number of hydrogen-bond donors (Lipinski definition) is 1. The average molecular weight is 580 g/mol. The van der Waals surface area contributed by atoms with Gasteiger partial charge in [-0.3, -0.25) is 0 Å². The largest absolute Gasteiger partial charge is 0.406 e. The number of para-hydroxylation sites is 2. The number of alkyl halides is 6. The molecule has 5 rings (SSSR count). The second-order valence-electron chi connectivity index (χ2n) is 9.82. The van der Waals surface area contributed by atoms with Gasteiger partial charge >= 0.3 is 12.4 Å².